The minimum Gasteiger partial charge on any atom is -0.490 e. The first-order valence-corrected chi connectivity index (χ1v) is 8.05. The molecular weight excluding hydrogens is 340 g/mol. The summed E-state index contributed by atoms with van der Waals surface area (Å²) in [6, 6.07) is 4.62. The number of likely N-dealkylation sites (tertiary alicyclic amines) is 1. The smallest absolute Gasteiger partial charge is 0.264 e. The SMILES string of the molecule is CC(C)(C)N1CCC(Oc2cc(Br)cc(C(F)F)c2)CC1. The van der Waals surface area contributed by atoms with Crippen LogP contribution in [-0.2, 0) is 0 Å². The summed E-state index contributed by atoms with van der Waals surface area (Å²) >= 11 is 3.26. The first-order chi connectivity index (χ1) is 9.75. The van der Waals surface area contributed by atoms with Gasteiger partial charge in [-0.05, 0) is 51.8 Å². The van der Waals surface area contributed by atoms with E-state index in [2.05, 4.69) is 41.6 Å². The van der Waals surface area contributed by atoms with E-state index in [9.17, 15) is 8.78 Å². The summed E-state index contributed by atoms with van der Waals surface area (Å²) < 4.78 is 32.1. The summed E-state index contributed by atoms with van der Waals surface area (Å²) in [6.45, 7) is 8.57. The number of ether oxygens (including phenoxy) is 1. The van der Waals surface area contributed by atoms with Gasteiger partial charge in [0.1, 0.15) is 11.9 Å². The second-order valence-electron chi connectivity index (χ2n) is 6.50. The molecule has 0 unspecified atom stereocenters. The maximum atomic E-state index is 12.8. The molecule has 0 bridgehead atoms. The summed E-state index contributed by atoms with van der Waals surface area (Å²) in [6.07, 6.45) is -0.530. The third-order valence-corrected chi connectivity index (χ3v) is 4.30. The second-order valence-corrected chi connectivity index (χ2v) is 7.41. The van der Waals surface area contributed by atoms with Gasteiger partial charge >= 0.3 is 0 Å². The van der Waals surface area contributed by atoms with Crippen LogP contribution in [0.15, 0.2) is 22.7 Å². The molecule has 2 nitrogen and oxygen atoms in total. The monoisotopic (exact) mass is 361 g/mol. The van der Waals surface area contributed by atoms with Crippen LogP contribution >= 0.6 is 15.9 Å². The number of nitrogens with zero attached hydrogens (tertiary/aromatic N) is 1. The van der Waals surface area contributed by atoms with Gasteiger partial charge in [-0.2, -0.15) is 0 Å². The topological polar surface area (TPSA) is 12.5 Å². The quantitative estimate of drug-likeness (QED) is 0.748. The van der Waals surface area contributed by atoms with Gasteiger partial charge in [-0.1, -0.05) is 15.9 Å². The number of alkyl halides is 2. The molecule has 0 spiro atoms. The van der Waals surface area contributed by atoms with Gasteiger partial charge in [0.25, 0.3) is 6.43 Å². The van der Waals surface area contributed by atoms with Crippen molar-refractivity contribution in [2.75, 3.05) is 13.1 Å². The average Bonchev–Trinajstić information content (AvgIpc) is 2.37. The zero-order valence-corrected chi connectivity index (χ0v) is 14.3. The van der Waals surface area contributed by atoms with Crippen LogP contribution in [0, 0.1) is 0 Å². The Morgan fingerprint density at radius 1 is 1.19 bits per heavy atom. The molecule has 0 amide bonds. The Balaban J connectivity index is 1.98. The van der Waals surface area contributed by atoms with Gasteiger partial charge in [0, 0.05) is 28.7 Å². The maximum absolute atomic E-state index is 12.8. The lowest BCUT2D eigenvalue weighted by Crippen LogP contribution is -2.48. The van der Waals surface area contributed by atoms with Crippen LogP contribution in [0.1, 0.15) is 45.6 Å². The van der Waals surface area contributed by atoms with Crippen LogP contribution in [0.3, 0.4) is 0 Å². The predicted molar refractivity (Wildman–Crippen MR) is 84.1 cm³/mol. The third-order valence-electron chi connectivity index (χ3n) is 3.84. The van der Waals surface area contributed by atoms with Crippen LogP contribution in [0.4, 0.5) is 8.78 Å². The number of piperidine rings is 1. The van der Waals surface area contributed by atoms with Gasteiger partial charge in [-0.15, -0.1) is 0 Å². The average molecular weight is 362 g/mol. The van der Waals surface area contributed by atoms with E-state index in [0.717, 1.165) is 25.9 Å². The molecule has 1 heterocycles. The Bertz CT molecular complexity index is 480. The molecule has 1 aliphatic heterocycles. The second kappa shape index (κ2) is 6.61. The van der Waals surface area contributed by atoms with Crippen LogP contribution < -0.4 is 4.74 Å². The number of hydrogen-bond donors (Lipinski definition) is 0. The number of rotatable bonds is 3. The minimum absolute atomic E-state index is 0.00787. The molecule has 1 aromatic carbocycles. The fourth-order valence-corrected chi connectivity index (χ4v) is 3.11. The van der Waals surface area contributed by atoms with Crippen molar-refractivity contribution in [2.45, 2.75) is 51.7 Å². The molecule has 118 valence electrons. The molecule has 1 aliphatic rings. The van der Waals surface area contributed by atoms with Crippen molar-refractivity contribution in [2.24, 2.45) is 0 Å². The number of halogens is 3. The van der Waals surface area contributed by atoms with E-state index >= 15 is 0 Å². The van der Waals surface area contributed by atoms with Gasteiger partial charge in [-0.3, -0.25) is 4.90 Å². The highest BCUT2D eigenvalue weighted by Gasteiger charge is 2.27. The summed E-state index contributed by atoms with van der Waals surface area (Å²) in [5.74, 6) is 0.522. The molecule has 5 heteroatoms. The van der Waals surface area contributed by atoms with Crippen molar-refractivity contribution in [1.82, 2.24) is 4.90 Å². The zero-order valence-electron chi connectivity index (χ0n) is 12.7. The Morgan fingerprint density at radius 2 is 1.81 bits per heavy atom. The van der Waals surface area contributed by atoms with E-state index in [-0.39, 0.29) is 17.2 Å². The lowest BCUT2D eigenvalue weighted by Gasteiger charge is -2.40. The largest absolute Gasteiger partial charge is 0.490 e. The van der Waals surface area contributed by atoms with Crippen molar-refractivity contribution in [3.63, 3.8) is 0 Å². The molecule has 0 atom stereocenters. The minimum atomic E-state index is -2.48. The van der Waals surface area contributed by atoms with Gasteiger partial charge in [-0.25, -0.2) is 8.78 Å². The molecule has 21 heavy (non-hydrogen) atoms. The Labute approximate surface area is 133 Å². The summed E-state index contributed by atoms with van der Waals surface area (Å²) in [5, 5.41) is 0. The van der Waals surface area contributed by atoms with Crippen molar-refractivity contribution < 1.29 is 13.5 Å². The van der Waals surface area contributed by atoms with Gasteiger partial charge < -0.3 is 4.74 Å². The fourth-order valence-electron chi connectivity index (χ4n) is 2.62. The molecule has 0 radical (unpaired) electrons. The highest BCUT2D eigenvalue weighted by molar-refractivity contribution is 9.10. The summed E-state index contributed by atoms with van der Waals surface area (Å²) in [5.41, 5.74) is 0.162. The molecule has 1 aromatic rings. The Hall–Kier alpha value is -0.680. The van der Waals surface area contributed by atoms with E-state index < -0.39 is 6.43 Å². The number of benzene rings is 1. The Morgan fingerprint density at radius 3 is 2.33 bits per heavy atom. The van der Waals surface area contributed by atoms with E-state index in [4.69, 9.17) is 4.74 Å². The van der Waals surface area contributed by atoms with Crippen molar-refractivity contribution >= 4 is 15.9 Å². The molecule has 0 aliphatic carbocycles. The molecular formula is C16H22BrF2NO. The molecule has 2 rings (SSSR count). The molecule has 1 saturated heterocycles. The highest BCUT2D eigenvalue weighted by atomic mass is 79.9. The third kappa shape index (κ3) is 4.65. The van der Waals surface area contributed by atoms with Crippen LogP contribution in [0.25, 0.3) is 0 Å². The van der Waals surface area contributed by atoms with Crippen LogP contribution in [-0.4, -0.2) is 29.6 Å². The normalized spacial score (nSPS) is 18.2. The molecule has 0 aromatic heterocycles. The first-order valence-electron chi connectivity index (χ1n) is 7.26. The van der Waals surface area contributed by atoms with Gasteiger partial charge in [0.05, 0.1) is 0 Å². The first kappa shape index (κ1) is 16.7. The lowest BCUT2D eigenvalue weighted by atomic mass is 9.99. The highest BCUT2D eigenvalue weighted by Crippen LogP contribution is 2.30. The van der Waals surface area contributed by atoms with E-state index in [0.29, 0.717) is 10.2 Å². The maximum Gasteiger partial charge on any atom is 0.264 e. The van der Waals surface area contributed by atoms with E-state index in [1.807, 2.05) is 0 Å². The van der Waals surface area contributed by atoms with Crippen molar-refractivity contribution in [3.8, 4) is 5.75 Å². The fraction of sp³-hybridized carbons (Fsp3) is 0.625. The summed E-state index contributed by atoms with van der Waals surface area (Å²) in [7, 11) is 0. The molecule has 0 N–H and O–H groups in total. The zero-order chi connectivity index (χ0) is 15.6. The van der Waals surface area contributed by atoms with Crippen LogP contribution in [0.5, 0.6) is 5.75 Å². The summed E-state index contributed by atoms with van der Waals surface area (Å²) in [4.78, 5) is 2.43. The van der Waals surface area contributed by atoms with Gasteiger partial charge in [0.15, 0.2) is 0 Å². The number of hydrogen-bond acceptors (Lipinski definition) is 2. The van der Waals surface area contributed by atoms with Crippen LogP contribution in [0.2, 0.25) is 0 Å². The van der Waals surface area contributed by atoms with E-state index in [1.54, 1.807) is 6.07 Å². The van der Waals surface area contributed by atoms with Gasteiger partial charge in [0.2, 0.25) is 0 Å². The lowest BCUT2D eigenvalue weighted by molar-refractivity contribution is 0.0489. The van der Waals surface area contributed by atoms with Crippen molar-refractivity contribution in [3.05, 3.63) is 28.2 Å². The Kier molecular flexibility index (Phi) is 5.25. The standard InChI is InChI=1S/C16H22BrF2NO/c1-16(2,3)20-6-4-13(5-7-20)21-14-9-11(15(18)19)8-12(17)10-14/h8-10,13,15H,4-7H2,1-3H3. The molecule has 0 saturated carbocycles. The van der Waals surface area contributed by atoms with Crippen molar-refractivity contribution in [1.29, 1.82) is 0 Å². The predicted octanol–water partition coefficient (Wildman–Crippen LogP) is 5.03. The molecule has 1 fully saturated rings. The van der Waals surface area contributed by atoms with E-state index in [1.165, 1.54) is 12.1 Å².